The Labute approximate surface area is 79.3 Å². The van der Waals surface area contributed by atoms with Crippen LogP contribution in [0.5, 0.6) is 0 Å². The molecular weight excluding hydrogens is 192 g/mol. The average Bonchev–Trinajstić information content (AvgIpc) is 2.39. The number of aryl methyl sites for hydroxylation is 1. The summed E-state index contributed by atoms with van der Waals surface area (Å²) in [6, 6.07) is 0. The van der Waals surface area contributed by atoms with Gasteiger partial charge in [0.2, 0.25) is 0 Å². The Morgan fingerprint density at radius 3 is 2.62 bits per heavy atom. The Bertz CT molecular complexity index is 376. The van der Waals surface area contributed by atoms with E-state index in [1.807, 2.05) is 6.92 Å². The highest BCUT2D eigenvalue weighted by Gasteiger charge is 2.07. The Morgan fingerprint density at radius 2 is 2.15 bits per heavy atom. The number of hydrogen-bond donors (Lipinski definition) is 0. The molecule has 0 amide bonds. The van der Waals surface area contributed by atoms with Crippen LogP contribution < -0.4 is 10.6 Å². The molecule has 0 fully saturated rings. The lowest BCUT2D eigenvalue weighted by Crippen LogP contribution is -2.30. The smallest absolute Gasteiger partial charge is 0.341 e. The van der Waals surface area contributed by atoms with Gasteiger partial charge in [-0.1, -0.05) is 0 Å². The monoisotopic (exact) mass is 204 g/mol. The van der Waals surface area contributed by atoms with E-state index in [1.165, 1.54) is 15.6 Å². The molecule has 13 heavy (non-hydrogen) atoms. The van der Waals surface area contributed by atoms with Crippen molar-refractivity contribution in [2.24, 2.45) is 0 Å². The lowest BCUT2D eigenvalue weighted by Gasteiger charge is -1.96. The van der Waals surface area contributed by atoms with E-state index in [9.17, 15) is 9.59 Å². The quantitative estimate of drug-likeness (QED) is 0.679. The minimum absolute atomic E-state index is 0.219. The third kappa shape index (κ3) is 2.07. The van der Waals surface area contributed by atoms with Crippen molar-refractivity contribution >= 4 is 11.5 Å². The first-order valence-corrected chi connectivity index (χ1v) is 4.78. The number of rotatable bonds is 4. The summed E-state index contributed by atoms with van der Waals surface area (Å²) < 4.78 is 7.42. The summed E-state index contributed by atoms with van der Waals surface area (Å²) in [5, 5.41) is 0. The first-order chi connectivity index (χ1) is 6.20. The van der Waals surface area contributed by atoms with Crippen molar-refractivity contribution in [2.45, 2.75) is 20.0 Å². The van der Waals surface area contributed by atoms with E-state index in [2.05, 4.69) is 0 Å². The predicted molar refractivity (Wildman–Crippen MR) is 50.4 cm³/mol. The van der Waals surface area contributed by atoms with Crippen molar-refractivity contribution in [1.29, 1.82) is 0 Å². The van der Waals surface area contributed by atoms with Crippen LogP contribution in [-0.2, 0) is 17.8 Å². The molecule has 0 N–H and O–H groups in total. The second-order valence-electron chi connectivity index (χ2n) is 2.48. The molecule has 1 heterocycles. The fourth-order valence-corrected chi connectivity index (χ4v) is 1.73. The predicted octanol–water partition coefficient (Wildman–Crippen LogP) is -0.262. The minimum atomic E-state index is -0.241. The maximum Gasteiger partial charge on any atom is 0.341 e. The third-order valence-electron chi connectivity index (χ3n) is 1.66. The summed E-state index contributed by atoms with van der Waals surface area (Å²) in [4.78, 5) is 22.4. The van der Waals surface area contributed by atoms with Gasteiger partial charge in [-0.05, 0) is 6.92 Å². The van der Waals surface area contributed by atoms with Gasteiger partial charge in [0.25, 0.3) is 0 Å². The van der Waals surface area contributed by atoms with Crippen molar-refractivity contribution in [2.75, 3.05) is 13.7 Å². The van der Waals surface area contributed by atoms with Gasteiger partial charge in [0.15, 0.2) is 0 Å². The minimum Gasteiger partial charge on any atom is -0.383 e. The molecule has 74 valence electrons. The lowest BCUT2D eigenvalue weighted by atomic mass is 10.7. The molecule has 6 heteroatoms. The van der Waals surface area contributed by atoms with E-state index in [1.54, 1.807) is 0 Å². The third-order valence-corrected chi connectivity index (χ3v) is 2.67. The molecular formula is C7H12N2O3S. The molecule has 0 bridgehead atoms. The molecule has 5 nitrogen and oxygen atoms in total. The molecule has 0 atom stereocenters. The standard InChI is InChI=1S/C7H12N2O3S/c1-3-9-6(10)8(4-5-12-2)7(11)13-9/h3-5H2,1-2H3. The van der Waals surface area contributed by atoms with Gasteiger partial charge in [-0.2, -0.15) is 0 Å². The van der Waals surface area contributed by atoms with Crippen LogP contribution in [0.2, 0.25) is 0 Å². The highest BCUT2D eigenvalue weighted by molar-refractivity contribution is 7.03. The molecule has 0 aromatic carbocycles. The first kappa shape index (κ1) is 10.2. The van der Waals surface area contributed by atoms with Gasteiger partial charge in [0.05, 0.1) is 13.2 Å². The van der Waals surface area contributed by atoms with Crippen LogP contribution in [0, 0.1) is 0 Å². The van der Waals surface area contributed by atoms with E-state index in [4.69, 9.17) is 4.74 Å². The van der Waals surface area contributed by atoms with Crippen molar-refractivity contribution in [1.82, 2.24) is 8.52 Å². The van der Waals surface area contributed by atoms with Gasteiger partial charge < -0.3 is 4.74 Å². The summed E-state index contributed by atoms with van der Waals surface area (Å²) in [6.45, 7) is 3.09. The number of nitrogens with zero attached hydrogens (tertiary/aromatic N) is 2. The highest BCUT2D eigenvalue weighted by Crippen LogP contribution is 1.85. The summed E-state index contributed by atoms with van der Waals surface area (Å²) >= 11 is 0.947. The van der Waals surface area contributed by atoms with Crippen molar-refractivity contribution in [3.8, 4) is 0 Å². The van der Waals surface area contributed by atoms with Crippen LogP contribution in [0.15, 0.2) is 9.59 Å². The van der Waals surface area contributed by atoms with Crippen LogP contribution in [0.25, 0.3) is 0 Å². The summed E-state index contributed by atoms with van der Waals surface area (Å²) in [6.07, 6.45) is 0. The summed E-state index contributed by atoms with van der Waals surface area (Å²) in [5.74, 6) is 0. The molecule has 0 aliphatic heterocycles. The Kier molecular flexibility index (Phi) is 3.44. The van der Waals surface area contributed by atoms with Gasteiger partial charge in [0, 0.05) is 25.2 Å². The zero-order valence-electron chi connectivity index (χ0n) is 7.65. The van der Waals surface area contributed by atoms with Crippen molar-refractivity contribution < 1.29 is 4.74 Å². The molecule has 0 saturated heterocycles. The molecule has 0 saturated carbocycles. The van der Waals surface area contributed by atoms with Gasteiger partial charge in [-0.15, -0.1) is 0 Å². The van der Waals surface area contributed by atoms with Crippen molar-refractivity contribution in [3.05, 3.63) is 20.2 Å². The topological polar surface area (TPSA) is 53.2 Å². The molecule has 0 aliphatic carbocycles. The Balaban J connectivity index is 3.00. The molecule has 1 aromatic heterocycles. The number of hydrogen-bond acceptors (Lipinski definition) is 4. The lowest BCUT2D eigenvalue weighted by molar-refractivity contribution is 0.185. The van der Waals surface area contributed by atoms with Gasteiger partial charge >= 0.3 is 10.6 Å². The van der Waals surface area contributed by atoms with E-state index >= 15 is 0 Å². The molecule has 0 aliphatic rings. The fraction of sp³-hybridized carbons (Fsp3) is 0.714. The summed E-state index contributed by atoms with van der Waals surface area (Å²) in [7, 11) is 1.54. The molecule has 1 aromatic rings. The fourth-order valence-electron chi connectivity index (χ4n) is 0.965. The van der Waals surface area contributed by atoms with E-state index < -0.39 is 0 Å². The van der Waals surface area contributed by atoms with E-state index in [-0.39, 0.29) is 10.6 Å². The van der Waals surface area contributed by atoms with Crippen LogP contribution in [0.3, 0.4) is 0 Å². The average molecular weight is 204 g/mol. The van der Waals surface area contributed by atoms with Crippen LogP contribution in [-0.4, -0.2) is 22.2 Å². The first-order valence-electron chi connectivity index (χ1n) is 4.00. The largest absolute Gasteiger partial charge is 0.383 e. The van der Waals surface area contributed by atoms with Gasteiger partial charge in [0.1, 0.15) is 0 Å². The van der Waals surface area contributed by atoms with Crippen molar-refractivity contribution in [3.63, 3.8) is 0 Å². The zero-order valence-corrected chi connectivity index (χ0v) is 8.47. The molecule has 1 rings (SSSR count). The van der Waals surface area contributed by atoms with E-state index in [0.717, 1.165) is 11.5 Å². The highest BCUT2D eigenvalue weighted by atomic mass is 32.1. The number of aromatic nitrogens is 2. The van der Waals surface area contributed by atoms with Crippen LogP contribution >= 0.6 is 11.5 Å². The normalized spacial score (nSPS) is 10.6. The molecule has 0 radical (unpaired) electrons. The van der Waals surface area contributed by atoms with Crippen LogP contribution in [0.1, 0.15) is 6.92 Å². The number of ether oxygens (including phenoxy) is 1. The second-order valence-corrected chi connectivity index (χ2v) is 3.45. The number of methoxy groups -OCH3 is 1. The maximum absolute atomic E-state index is 11.4. The molecule has 0 unspecified atom stereocenters. The van der Waals surface area contributed by atoms with Gasteiger partial charge in [-0.25, -0.2) is 13.3 Å². The zero-order chi connectivity index (χ0) is 9.84. The SMILES string of the molecule is CCn1sc(=O)n(CCOC)c1=O. The second kappa shape index (κ2) is 4.38. The van der Waals surface area contributed by atoms with E-state index in [0.29, 0.717) is 19.7 Å². The summed E-state index contributed by atoms with van der Waals surface area (Å²) in [5.41, 5.74) is -0.241. The molecule has 0 spiro atoms. The Hall–Kier alpha value is -0.880. The van der Waals surface area contributed by atoms with Crippen LogP contribution in [0.4, 0.5) is 0 Å². The Morgan fingerprint density at radius 1 is 1.46 bits per heavy atom. The van der Waals surface area contributed by atoms with Gasteiger partial charge in [-0.3, -0.25) is 4.79 Å². The maximum atomic E-state index is 11.4.